The maximum absolute atomic E-state index is 9.83. The molecule has 0 spiro atoms. The fourth-order valence-electron chi connectivity index (χ4n) is 3.33. The summed E-state index contributed by atoms with van der Waals surface area (Å²) in [6.45, 7) is 2.50. The van der Waals surface area contributed by atoms with Crippen molar-refractivity contribution < 1.29 is 23.7 Å². The van der Waals surface area contributed by atoms with Gasteiger partial charge < -0.3 is 23.7 Å². The highest BCUT2D eigenvalue weighted by atomic mass is 16.5. The van der Waals surface area contributed by atoms with Gasteiger partial charge in [0, 0.05) is 23.1 Å². The van der Waals surface area contributed by atoms with Crippen LogP contribution in [0.3, 0.4) is 0 Å². The number of aromatic hydroxyl groups is 1. The molecule has 0 unspecified atom stereocenters. The Labute approximate surface area is 180 Å². The van der Waals surface area contributed by atoms with Crippen LogP contribution < -0.4 is 19.6 Å². The van der Waals surface area contributed by atoms with E-state index < -0.39 is 0 Å². The van der Waals surface area contributed by atoms with Gasteiger partial charge >= 0.3 is 0 Å². The Morgan fingerprint density at radius 1 is 0.903 bits per heavy atom. The van der Waals surface area contributed by atoms with Crippen molar-refractivity contribution in [3.8, 4) is 34.3 Å². The van der Waals surface area contributed by atoms with Crippen LogP contribution in [0.15, 0.2) is 76.1 Å². The number of fused-ring (bicyclic) bond motifs is 1. The number of hydrogen-bond donors (Lipinski definition) is 1. The molecule has 0 aliphatic rings. The molecule has 6 nitrogen and oxygen atoms in total. The lowest BCUT2D eigenvalue weighted by Gasteiger charge is -2.11. The van der Waals surface area contributed by atoms with E-state index in [0.29, 0.717) is 40.5 Å². The molecule has 0 radical (unpaired) electrons. The van der Waals surface area contributed by atoms with E-state index in [2.05, 4.69) is 0 Å². The topological polar surface area (TPSA) is 73.4 Å². The minimum absolute atomic E-state index is 0.154. The number of rotatable bonds is 6. The Morgan fingerprint density at radius 3 is 2.48 bits per heavy atom. The van der Waals surface area contributed by atoms with Gasteiger partial charge in [-0.3, -0.25) is 0 Å². The standard InChI is InChI=1S/C25H23NO5/c1-4-30-19-9-11-22-20(14-19)21(26-17-6-5-7-18(27)13-17)15-24(31-22)16-8-10-23(28-2)25(12-16)29-3/h5-15,27H,4H2,1-3H3. The van der Waals surface area contributed by atoms with Gasteiger partial charge in [-0.25, -0.2) is 4.99 Å². The van der Waals surface area contributed by atoms with Gasteiger partial charge in [0.1, 0.15) is 22.8 Å². The quantitative estimate of drug-likeness (QED) is 0.451. The zero-order chi connectivity index (χ0) is 21.8. The van der Waals surface area contributed by atoms with E-state index in [1.165, 1.54) is 0 Å². The fraction of sp³-hybridized carbons (Fsp3) is 0.160. The summed E-state index contributed by atoms with van der Waals surface area (Å²) in [7, 11) is 3.19. The molecule has 31 heavy (non-hydrogen) atoms. The van der Waals surface area contributed by atoms with Gasteiger partial charge in [-0.15, -0.1) is 0 Å². The van der Waals surface area contributed by atoms with Gasteiger partial charge in [0.05, 0.1) is 31.9 Å². The molecule has 0 fully saturated rings. The van der Waals surface area contributed by atoms with Crippen LogP contribution in [0, 0.1) is 0 Å². The number of hydrogen-bond acceptors (Lipinski definition) is 6. The third-order valence-electron chi connectivity index (χ3n) is 4.77. The first-order valence-electron chi connectivity index (χ1n) is 9.88. The molecule has 158 valence electrons. The van der Waals surface area contributed by atoms with Gasteiger partial charge in [0.25, 0.3) is 0 Å². The van der Waals surface area contributed by atoms with Crippen molar-refractivity contribution in [3.05, 3.63) is 72.1 Å². The monoisotopic (exact) mass is 417 g/mol. The van der Waals surface area contributed by atoms with Gasteiger partial charge in [-0.2, -0.15) is 0 Å². The van der Waals surface area contributed by atoms with Crippen LogP contribution in [0.1, 0.15) is 6.92 Å². The Morgan fingerprint density at radius 2 is 1.74 bits per heavy atom. The molecule has 0 atom stereocenters. The third-order valence-corrected chi connectivity index (χ3v) is 4.77. The van der Waals surface area contributed by atoms with E-state index in [0.717, 1.165) is 16.7 Å². The minimum Gasteiger partial charge on any atom is -0.508 e. The second-order valence-corrected chi connectivity index (χ2v) is 6.79. The van der Waals surface area contributed by atoms with Crippen molar-refractivity contribution in [3.63, 3.8) is 0 Å². The van der Waals surface area contributed by atoms with Crippen LogP contribution in [-0.2, 0) is 0 Å². The normalized spacial score (nSPS) is 11.5. The summed E-state index contributed by atoms with van der Waals surface area (Å²) < 4.78 is 22.6. The predicted molar refractivity (Wildman–Crippen MR) is 119 cm³/mol. The first kappa shape index (κ1) is 20.3. The summed E-state index contributed by atoms with van der Waals surface area (Å²) in [5.74, 6) is 2.75. The maximum atomic E-state index is 9.83. The van der Waals surface area contributed by atoms with Crippen molar-refractivity contribution in [1.82, 2.24) is 0 Å². The molecule has 4 rings (SSSR count). The number of phenolic OH excluding ortho intramolecular Hbond substituents is 1. The summed E-state index contributed by atoms with van der Waals surface area (Å²) in [5, 5.41) is 11.3. The largest absolute Gasteiger partial charge is 0.508 e. The molecule has 1 heterocycles. The van der Waals surface area contributed by atoms with Crippen molar-refractivity contribution in [2.24, 2.45) is 4.99 Å². The number of ether oxygens (including phenoxy) is 3. The van der Waals surface area contributed by atoms with Gasteiger partial charge in [-0.1, -0.05) is 6.07 Å². The highest BCUT2D eigenvalue weighted by Crippen LogP contribution is 2.33. The molecule has 0 aliphatic carbocycles. The van der Waals surface area contributed by atoms with Crippen molar-refractivity contribution in [2.45, 2.75) is 6.92 Å². The van der Waals surface area contributed by atoms with E-state index in [4.69, 9.17) is 23.6 Å². The molecule has 0 saturated carbocycles. The average molecular weight is 417 g/mol. The summed E-state index contributed by atoms with van der Waals surface area (Å²) in [5.41, 5.74) is 2.11. The smallest absolute Gasteiger partial charge is 0.161 e. The van der Waals surface area contributed by atoms with Crippen molar-refractivity contribution in [1.29, 1.82) is 0 Å². The van der Waals surface area contributed by atoms with Crippen LogP contribution in [-0.4, -0.2) is 25.9 Å². The molecule has 6 heteroatoms. The Balaban J connectivity index is 1.95. The number of nitrogens with zero attached hydrogens (tertiary/aromatic N) is 1. The van der Waals surface area contributed by atoms with Crippen LogP contribution >= 0.6 is 0 Å². The number of methoxy groups -OCH3 is 2. The molecular weight excluding hydrogens is 394 g/mol. The second-order valence-electron chi connectivity index (χ2n) is 6.79. The second kappa shape index (κ2) is 8.83. The van der Waals surface area contributed by atoms with E-state index in [9.17, 15) is 5.11 Å². The summed E-state index contributed by atoms with van der Waals surface area (Å²) in [6, 6.07) is 19.9. The third kappa shape index (κ3) is 4.33. The van der Waals surface area contributed by atoms with Crippen LogP contribution in [0.4, 0.5) is 5.69 Å². The van der Waals surface area contributed by atoms with Crippen molar-refractivity contribution in [2.75, 3.05) is 20.8 Å². The fourth-order valence-corrected chi connectivity index (χ4v) is 3.33. The van der Waals surface area contributed by atoms with Gasteiger partial charge in [0.15, 0.2) is 11.5 Å². The summed E-state index contributed by atoms with van der Waals surface area (Å²) in [4.78, 5) is 4.76. The molecular formula is C25H23NO5. The SMILES string of the molecule is CCOc1ccc2oc(-c3ccc(OC)c(OC)c3)cc(=Nc3cccc(O)c3)c2c1. The summed E-state index contributed by atoms with van der Waals surface area (Å²) >= 11 is 0. The maximum Gasteiger partial charge on any atom is 0.161 e. The lowest BCUT2D eigenvalue weighted by molar-refractivity contribution is 0.340. The van der Waals surface area contributed by atoms with Crippen LogP contribution in [0.2, 0.25) is 0 Å². The minimum atomic E-state index is 0.154. The highest BCUT2D eigenvalue weighted by Gasteiger charge is 2.11. The van der Waals surface area contributed by atoms with E-state index >= 15 is 0 Å². The molecule has 0 amide bonds. The lowest BCUT2D eigenvalue weighted by atomic mass is 10.1. The predicted octanol–water partition coefficient (Wildman–Crippen LogP) is 5.45. The molecule has 0 saturated heterocycles. The van der Waals surface area contributed by atoms with Crippen LogP contribution in [0.5, 0.6) is 23.0 Å². The molecule has 1 aromatic heterocycles. The first-order chi connectivity index (χ1) is 15.1. The molecule has 0 bridgehead atoms. The van der Waals surface area contributed by atoms with Crippen LogP contribution in [0.25, 0.3) is 22.3 Å². The van der Waals surface area contributed by atoms with Gasteiger partial charge in [-0.05, 0) is 55.5 Å². The molecule has 0 aliphatic heterocycles. The lowest BCUT2D eigenvalue weighted by Crippen LogP contribution is -2.04. The molecule has 3 aromatic carbocycles. The Kier molecular flexibility index (Phi) is 5.80. The summed E-state index contributed by atoms with van der Waals surface area (Å²) in [6.07, 6.45) is 0. The average Bonchev–Trinajstić information content (AvgIpc) is 2.79. The molecule has 4 aromatic rings. The van der Waals surface area contributed by atoms with E-state index in [-0.39, 0.29) is 5.75 Å². The first-order valence-corrected chi connectivity index (χ1v) is 9.88. The van der Waals surface area contributed by atoms with E-state index in [1.54, 1.807) is 32.4 Å². The number of benzene rings is 3. The zero-order valence-electron chi connectivity index (χ0n) is 17.6. The van der Waals surface area contributed by atoms with E-state index in [1.807, 2.05) is 55.5 Å². The van der Waals surface area contributed by atoms with Gasteiger partial charge in [0.2, 0.25) is 0 Å². The number of phenols is 1. The van der Waals surface area contributed by atoms with Crippen molar-refractivity contribution >= 4 is 16.7 Å². The Hall–Kier alpha value is -3.93. The highest BCUT2D eigenvalue weighted by molar-refractivity contribution is 5.80. The zero-order valence-corrected chi connectivity index (χ0v) is 17.6. The Bertz CT molecular complexity index is 1290. The molecule has 1 N–H and O–H groups in total.